The van der Waals surface area contributed by atoms with Gasteiger partial charge in [0, 0.05) is 57.1 Å². The molecule has 13 heteroatoms. The number of hydrogen-bond donors (Lipinski definition) is 1. The Morgan fingerprint density at radius 1 is 0.946 bits per heavy atom. The lowest BCUT2D eigenvalue weighted by Gasteiger charge is -2.34. The number of fused-ring (bicyclic) bond motifs is 1. The summed E-state index contributed by atoms with van der Waals surface area (Å²) in [5.41, 5.74) is 1.04. The van der Waals surface area contributed by atoms with E-state index in [1.807, 2.05) is 13.8 Å². The summed E-state index contributed by atoms with van der Waals surface area (Å²) >= 11 is 5.85. The van der Waals surface area contributed by atoms with Crippen LogP contribution in [0.2, 0.25) is 5.02 Å². The number of rotatable bonds is 8. The summed E-state index contributed by atoms with van der Waals surface area (Å²) in [6, 6.07) is 9.35. The van der Waals surface area contributed by atoms with Crippen LogP contribution < -0.4 is 11.0 Å². The van der Waals surface area contributed by atoms with E-state index in [1.165, 1.54) is 28.6 Å². The predicted octanol–water partition coefficient (Wildman–Crippen LogP) is 2.14. The van der Waals surface area contributed by atoms with Crippen molar-refractivity contribution in [2.24, 2.45) is 0 Å². The Morgan fingerprint density at radius 3 is 2.22 bits per heavy atom. The minimum absolute atomic E-state index is 0.0100. The van der Waals surface area contributed by atoms with E-state index in [1.54, 1.807) is 26.2 Å². The molecule has 11 nitrogen and oxygen atoms in total. The molecule has 2 aromatic heterocycles. The molecule has 1 aromatic carbocycles. The number of carbonyl (C=O) groups is 2. The second-order valence-corrected chi connectivity index (χ2v) is 11.0. The third-order valence-electron chi connectivity index (χ3n) is 6.37. The van der Waals surface area contributed by atoms with Gasteiger partial charge in [0.2, 0.25) is 21.8 Å². The number of halogens is 1. The molecule has 0 bridgehead atoms. The Labute approximate surface area is 219 Å². The number of anilines is 1. The van der Waals surface area contributed by atoms with Crippen molar-refractivity contribution >= 4 is 50.4 Å². The van der Waals surface area contributed by atoms with Crippen LogP contribution in [0.3, 0.4) is 0 Å². The van der Waals surface area contributed by atoms with Crippen molar-refractivity contribution in [3.05, 3.63) is 51.9 Å². The third-order valence-corrected chi connectivity index (χ3v) is 8.54. The van der Waals surface area contributed by atoms with Gasteiger partial charge in [-0.05, 0) is 50.2 Å². The molecular formula is C24H29ClN6O5S. The topological polar surface area (TPSA) is 127 Å². The van der Waals surface area contributed by atoms with Crippen LogP contribution >= 0.6 is 11.6 Å². The molecule has 0 radical (unpaired) electrons. The van der Waals surface area contributed by atoms with Crippen LogP contribution in [-0.2, 0) is 32.7 Å². The maximum atomic E-state index is 12.8. The van der Waals surface area contributed by atoms with Crippen LogP contribution in [0.25, 0.3) is 11.2 Å². The molecule has 1 aliphatic heterocycles. The summed E-state index contributed by atoms with van der Waals surface area (Å²) in [6.07, 6.45) is -0.0533. The number of sulfonamides is 1. The zero-order valence-electron chi connectivity index (χ0n) is 20.7. The molecule has 0 atom stereocenters. The van der Waals surface area contributed by atoms with Crippen LogP contribution in [0.4, 0.5) is 5.82 Å². The third kappa shape index (κ3) is 5.55. The highest BCUT2D eigenvalue weighted by Crippen LogP contribution is 2.20. The van der Waals surface area contributed by atoms with Crippen molar-refractivity contribution in [1.82, 2.24) is 23.3 Å². The van der Waals surface area contributed by atoms with Crippen LogP contribution in [0, 0.1) is 0 Å². The molecule has 1 saturated heterocycles. The second kappa shape index (κ2) is 11.0. The highest BCUT2D eigenvalue weighted by atomic mass is 35.5. The molecule has 2 amide bonds. The van der Waals surface area contributed by atoms with Crippen LogP contribution in [0.1, 0.15) is 26.7 Å². The zero-order valence-corrected chi connectivity index (χ0v) is 22.3. The number of imidazole rings is 1. The van der Waals surface area contributed by atoms with Crippen molar-refractivity contribution in [3.63, 3.8) is 0 Å². The fourth-order valence-electron chi connectivity index (χ4n) is 4.37. The number of carbonyl (C=O) groups excluding carboxylic acids is 2. The highest BCUT2D eigenvalue weighted by Gasteiger charge is 2.30. The second-order valence-electron chi connectivity index (χ2n) is 8.60. The summed E-state index contributed by atoms with van der Waals surface area (Å²) < 4.78 is 30.2. The molecule has 198 valence electrons. The minimum Gasteiger partial charge on any atom is -0.340 e. The van der Waals surface area contributed by atoms with Crippen LogP contribution in [-0.4, -0.2) is 69.7 Å². The van der Waals surface area contributed by atoms with Gasteiger partial charge in [-0.25, -0.2) is 18.2 Å². The first-order valence-electron chi connectivity index (χ1n) is 12.1. The monoisotopic (exact) mass is 548 g/mol. The molecule has 0 saturated carbocycles. The minimum atomic E-state index is -3.67. The van der Waals surface area contributed by atoms with Crippen LogP contribution in [0.5, 0.6) is 0 Å². The zero-order chi connectivity index (χ0) is 26.7. The number of amides is 2. The SMILES string of the molecule is CCn1c(=O)n(CC)c2nc(NC(=O)CCC(=O)N3CCN(S(=O)(=O)c4ccc(Cl)cc4)CC3)ccc21. The van der Waals surface area contributed by atoms with E-state index in [9.17, 15) is 22.8 Å². The number of aryl methyl sites for hydroxylation is 2. The number of hydrogen-bond acceptors (Lipinski definition) is 6. The van der Waals surface area contributed by atoms with Crippen LogP contribution in [0.15, 0.2) is 46.1 Å². The molecule has 37 heavy (non-hydrogen) atoms. The normalized spacial score (nSPS) is 14.7. The lowest BCUT2D eigenvalue weighted by Crippen LogP contribution is -2.50. The molecule has 1 aliphatic rings. The first kappa shape index (κ1) is 26.8. The van der Waals surface area contributed by atoms with Crippen molar-refractivity contribution in [2.75, 3.05) is 31.5 Å². The van der Waals surface area contributed by atoms with Crippen molar-refractivity contribution in [1.29, 1.82) is 0 Å². The van der Waals surface area contributed by atoms with Gasteiger partial charge in [-0.3, -0.25) is 18.7 Å². The Hall–Kier alpha value is -3.22. The summed E-state index contributed by atoms with van der Waals surface area (Å²) in [4.78, 5) is 43.8. The molecule has 0 spiro atoms. The van der Waals surface area contributed by atoms with Gasteiger partial charge in [0.05, 0.1) is 10.4 Å². The Bertz CT molecular complexity index is 1470. The number of nitrogens with one attached hydrogen (secondary N) is 1. The number of nitrogens with zero attached hydrogens (tertiary/aromatic N) is 5. The number of piperazine rings is 1. The highest BCUT2D eigenvalue weighted by molar-refractivity contribution is 7.89. The van der Waals surface area contributed by atoms with Crippen molar-refractivity contribution < 1.29 is 18.0 Å². The van der Waals surface area contributed by atoms with Gasteiger partial charge in [0.1, 0.15) is 5.82 Å². The molecule has 4 rings (SSSR count). The first-order chi connectivity index (χ1) is 17.6. The van der Waals surface area contributed by atoms with E-state index in [0.29, 0.717) is 35.1 Å². The average molecular weight is 549 g/mol. The maximum absolute atomic E-state index is 12.8. The van der Waals surface area contributed by atoms with Gasteiger partial charge in [-0.15, -0.1) is 0 Å². The summed E-state index contributed by atoms with van der Waals surface area (Å²) in [5, 5.41) is 3.15. The van der Waals surface area contributed by atoms with Crippen molar-refractivity contribution in [3.8, 4) is 0 Å². The summed E-state index contributed by atoms with van der Waals surface area (Å²) in [7, 11) is -3.67. The molecular weight excluding hydrogens is 520 g/mol. The Kier molecular flexibility index (Phi) is 8.00. The van der Waals surface area contributed by atoms with Gasteiger partial charge < -0.3 is 10.2 Å². The number of benzene rings is 1. The fourth-order valence-corrected chi connectivity index (χ4v) is 5.92. The van der Waals surface area contributed by atoms with E-state index in [0.717, 1.165) is 0 Å². The molecule has 0 aliphatic carbocycles. The van der Waals surface area contributed by atoms with E-state index in [4.69, 9.17) is 11.6 Å². The number of pyridine rings is 1. The Balaban J connectivity index is 1.31. The maximum Gasteiger partial charge on any atom is 0.330 e. The van der Waals surface area contributed by atoms with Gasteiger partial charge >= 0.3 is 5.69 Å². The molecule has 1 N–H and O–H groups in total. The summed E-state index contributed by atoms with van der Waals surface area (Å²) in [5.74, 6) is -0.284. The first-order valence-corrected chi connectivity index (χ1v) is 13.9. The molecule has 1 fully saturated rings. The molecule has 0 unspecified atom stereocenters. The van der Waals surface area contributed by atoms with E-state index >= 15 is 0 Å². The lowest BCUT2D eigenvalue weighted by atomic mass is 10.2. The predicted molar refractivity (Wildman–Crippen MR) is 140 cm³/mol. The largest absolute Gasteiger partial charge is 0.340 e. The number of aromatic nitrogens is 3. The Morgan fingerprint density at radius 2 is 1.59 bits per heavy atom. The van der Waals surface area contributed by atoms with E-state index in [2.05, 4.69) is 10.3 Å². The van der Waals surface area contributed by atoms with Gasteiger partial charge in [0.15, 0.2) is 5.65 Å². The van der Waals surface area contributed by atoms with E-state index < -0.39 is 10.0 Å². The molecule has 3 heterocycles. The fraction of sp³-hybridized carbons (Fsp3) is 0.417. The smallest absolute Gasteiger partial charge is 0.330 e. The van der Waals surface area contributed by atoms with Gasteiger partial charge in [-0.2, -0.15) is 4.31 Å². The summed E-state index contributed by atoms with van der Waals surface area (Å²) in [6.45, 7) is 5.53. The quantitative estimate of drug-likeness (QED) is 0.459. The standard InChI is InChI=1S/C24H29ClN6O5S/c1-3-30-19-9-10-20(27-23(19)31(4-2)24(30)34)26-21(32)11-12-22(33)28-13-15-29(16-14-28)37(35,36)18-7-5-17(25)6-8-18/h5-10H,3-4,11-16H2,1-2H3,(H,26,27,32). The van der Waals surface area contributed by atoms with E-state index in [-0.39, 0.29) is 61.4 Å². The van der Waals surface area contributed by atoms with Gasteiger partial charge in [-0.1, -0.05) is 11.6 Å². The van der Waals surface area contributed by atoms with Gasteiger partial charge in [0.25, 0.3) is 0 Å². The average Bonchev–Trinajstić information content (AvgIpc) is 3.17. The van der Waals surface area contributed by atoms with Crippen molar-refractivity contribution in [2.45, 2.75) is 44.7 Å². The molecule has 3 aromatic rings. The lowest BCUT2D eigenvalue weighted by molar-refractivity contribution is -0.133.